The van der Waals surface area contributed by atoms with E-state index < -0.39 is 0 Å². The summed E-state index contributed by atoms with van der Waals surface area (Å²) >= 11 is 0. The highest BCUT2D eigenvalue weighted by Crippen LogP contribution is 2.22. The fraction of sp³-hybridized carbons (Fsp3) is 0.200. The van der Waals surface area contributed by atoms with Crippen molar-refractivity contribution in [2.24, 2.45) is 0 Å². The van der Waals surface area contributed by atoms with E-state index in [1.54, 1.807) is 14.0 Å². The molecule has 0 unspecified atom stereocenters. The first-order valence-corrected chi connectivity index (χ1v) is 8.02. The number of carbonyl (C=O) groups excluding carboxylic acids is 1. The SMILES string of the molecule is COc1ccc(CNC(=O)c2nc(-c3ccc(C)cc3)oc2C)cc1. The topological polar surface area (TPSA) is 64.4 Å². The van der Waals surface area contributed by atoms with Crippen molar-refractivity contribution in [1.82, 2.24) is 10.3 Å². The summed E-state index contributed by atoms with van der Waals surface area (Å²) < 4.78 is 10.8. The van der Waals surface area contributed by atoms with E-state index in [4.69, 9.17) is 9.15 Å². The van der Waals surface area contributed by atoms with Gasteiger partial charge in [0, 0.05) is 12.1 Å². The van der Waals surface area contributed by atoms with Gasteiger partial charge in [-0.1, -0.05) is 29.8 Å². The lowest BCUT2D eigenvalue weighted by Crippen LogP contribution is -2.23. The number of ether oxygens (including phenoxy) is 1. The molecule has 1 heterocycles. The van der Waals surface area contributed by atoms with Crippen LogP contribution in [-0.2, 0) is 6.54 Å². The standard InChI is InChI=1S/C20H20N2O3/c1-13-4-8-16(9-5-13)20-22-18(14(2)25-20)19(23)21-12-15-6-10-17(24-3)11-7-15/h4-11H,12H2,1-3H3,(H,21,23). The Kier molecular flexibility index (Phi) is 4.84. The highest BCUT2D eigenvalue weighted by atomic mass is 16.5. The maximum Gasteiger partial charge on any atom is 0.273 e. The number of nitrogens with one attached hydrogen (secondary N) is 1. The minimum Gasteiger partial charge on any atom is -0.497 e. The van der Waals surface area contributed by atoms with Gasteiger partial charge in [-0.3, -0.25) is 4.79 Å². The number of benzene rings is 2. The number of nitrogens with zero attached hydrogens (tertiary/aromatic N) is 1. The Morgan fingerprint density at radius 1 is 1.08 bits per heavy atom. The second kappa shape index (κ2) is 7.21. The number of carbonyl (C=O) groups is 1. The summed E-state index contributed by atoms with van der Waals surface area (Å²) in [5, 5.41) is 2.87. The van der Waals surface area contributed by atoms with Crippen LogP contribution in [0.1, 0.15) is 27.4 Å². The molecule has 0 saturated carbocycles. The molecular formula is C20H20N2O3. The molecule has 0 spiro atoms. The van der Waals surface area contributed by atoms with Gasteiger partial charge in [0.25, 0.3) is 5.91 Å². The molecule has 0 bridgehead atoms. The van der Waals surface area contributed by atoms with E-state index in [1.807, 2.05) is 55.5 Å². The van der Waals surface area contributed by atoms with Gasteiger partial charge in [-0.25, -0.2) is 4.98 Å². The molecule has 2 aromatic carbocycles. The lowest BCUT2D eigenvalue weighted by molar-refractivity contribution is 0.0945. The molecule has 5 nitrogen and oxygen atoms in total. The molecule has 25 heavy (non-hydrogen) atoms. The third-order valence-electron chi connectivity index (χ3n) is 3.92. The highest BCUT2D eigenvalue weighted by molar-refractivity contribution is 5.93. The number of hydrogen-bond acceptors (Lipinski definition) is 4. The predicted molar refractivity (Wildman–Crippen MR) is 95.6 cm³/mol. The maximum absolute atomic E-state index is 12.4. The number of aromatic nitrogens is 1. The number of oxazole rings is 1. The molecule has 0 atom stereocenters. The predicted octanol–water partition coefficient (Wildman–Crippen LogP) is 3.90. The third kappa shape index (κ3) is 3.88. The summed E-state index contributed by atoms with van der Waals surface area (Å²) in [5.41, 5.74) is 3.30. The molecule has 5 heteroatoms. The van der Waals surface area contributed by atoms with Crippen LogP contribution < -0.4 is 10.1 Å². The molecule has 0 aliphatic rings. The first kappa shape index (κ1) is 16.8. The molecule has 0 radical (unpaired) electrons. The average Bonchev–Trinajstić information content (AvgIpc) is 3.02. The Balaban J connectivity index is 1.70. The van der Waals surface area contributed by atoms with Crippen molar-refractivity contribution in [3.8, 4) is 17.2 Å². The molecule has 3 rings (SSSR count). The summed E-state index contributed by atoms with van der Waals surface area (Å²) in [6, 6.07) is 15.4. The molecule has 1 N–H and O–H groups in total. The summed E-state index contributed by atoms with van der Waals surface area (Å²) in [6.45, 7) is 4.17. The second-order valence-electron chi connectivity index (χ2n) is 5.82. The van der Waals surface area contributed by atoms with Gasteiger partial charge >= 0.3 is 0 Å². The number of aryl methyl sites for hydroxylation is 2. The van der Waals surface area contributed by atoms with E-state index in [0.717, 1.165) is 22.4 Å². The molecule has 1 amide bonds. The molecule has 3 aromatic rings. The van der Waals surface area contributed by atoms with E-state index in [-0.39, 0.29) is 5.91 Å². The van der Waals surface area contributed by atoms with Gasteiger partial charge in [0.2, 0.25) is 5.89 Å². The van der Waals surface area contributed by atoms with E-state index in [2.05, 4.69) is 10.3 Å². The fourth-order valence-corrected chi connectivity index (χ4v) is 2.44. The normalized spacial score (nSPS) is 10.5. The number of rotatable bonds is 5. The van der Waals surface area contributed by atoms with E-state index in [9.17, 15) is 4.79 Å². The zero-order valence-corrected chi connectivity index (χ0v) is 14.5. The van der Waals surface area contributed by atoms with Gasteiger partial charge in [0.05, 0.1) is 7.11 Å². The first-order valence-electron chi connectivity index (χ1n) is 8.02. The summed E-state index contributed by atoms with van der Waals surface area (Å²) in [6.07, 6.45) is 0. The summed E-state index contributed by atoms with van der Waals surface area (Å²) in [7, 11) is 1.62. The maximum atomic E-state index is 12.4. The van der Waals surface area contributed by atoms with E-state index >= 15 is 0 Å². The minimum atomic E-state index is -0.254. The minimum absolute atomic E-state index is 0.254. The number of methoxy groups -OCH3 is 1. The smallest absolute Gasteiger partial charge is 0.273 e. The van der Waals surface area contributed by atoms with Crippen LogP contribution in [0.3, 0.4) is 0 Å². The fourth-order valence-electron chi connectivity index (χ4n) is 2.44. The van der Waals surface area contributed by atoms with Crippen LogP contribution in [0.2, 0.25) is 0 Å². The quantitative estimate of drug-likeness (QED) is 0.767. The summed E-state index contributed by atoms with van der Waals surface area (Å²) in [4.78, 5) is 16.8. The monoisotopic (exact) mass is 336 g/mol. The molecule has 0 aliphatic carbocycles. The Bertz CT molecular complexity index is 865. The van der Waals surface area contributed by atoms with Crippen LogP contribution in [-0.4, -0.2) is 18.0 Å². The van der Waals surface area contributed by atoms with Gasteiger partial charge in [0.15, 0.2) is 5.69 Å². The van der Waals surface area contributed by atoms with Gasteiger partial charge in [-0.05, 0) is 43.7 Å². The van der Waals surface area contributed by atoms with Gasteiger partial charge < -0.3 is 14.5 Å². The lowest BCUT2D eigenvalue weighted by Gasteiger charge is -2.05. The third-order valence-corrected chi connectivity index (χ3v) is 3.92. The molecule has 1 aromatic heterocycles. The largest absolute Gasteiger partial charge is 0.497 e. The molecule has 0 fully saturated rings. The van der Waals surface area contributed by atoms with Crippen LogP contribution in [0.25, 0.3) is 11.5 Å². The van der Waals surface area contributed by atoms with Crippen molar-refractivity contribution in [3.05, 3.63) is 71.1 Å². The highest BCUT2D eigenvalue weighted by Gasteiger charge is 2.17. The number of amides is 1. The van der Waals surface area contributed by atoms with Crippen molar-refractivity contribution >= 4 is 5.91 Å². The molecule has 128 valence electrons. The van der Waals surface area contributed by atoms with Crippen LogP contribution in [0, 0.1) is 13.8 Å². The van der Waals surface area contributed by atoms with Crippen molar-refractivity contribution in [1.29, 1.82) is 0 Å². The van der Waals surface area contributed by atoms with Crippen LogP contribution >= 0.6 is 0 Å². The second-order valence-corrected chi connectivity index (χ2v) is 5.82. The average molecular weight is 336 g/mol. The van der Waals surface area contributed by atoms with Crippen LogP contribution in [0.5, 0.6) is 5.75 Å². The molecule has 0 aliphatic heterocycles. The summed E-state index contributed by atoms with van der Waals surface area (Å²) in [5.74, 6) is 1.48. The zero-order chi connectivity index (χ0) is 17.8. The van der Waals surface area contributed by atoms with Gasteiger partial charge in [-0.15, -0.1) is 0 Å². The Morgan fingerprint density at radius 2 is 1.76 bits per heavy atom. The van der Waals surface area contributed by atoms with Crippen molar-refractivity contribution in [2.45, 2.75) is 20.4 Å². The first-order chi connectivity index (χ1) is 12.1. The molecule has 0 saturated heterocycles. The van der Waals surface area contributed by atoms with Gasteiger partial charge in [-0.2, -0.15) is 0 Å². The van der Waals surface area contributed by atoms with Crippen LogP contribution in [0.4, 0.5) is 0 Å². The van der Waals surface area contributed by atoms with E-state index in [0.29, 0.717) is 23.9 Å². The Morgan fingerprint density at radius 3 is 2.40 bits per heavy atom. The number of hydrogen-bond donors (Lipinski definition) is 1. The Labute approximate surface area is 146 Å². The van der Waals surface area contributed by atoms with Gasteiger partial charge in [0.1, 0.15) is 11.5 Å². The molecular weight excluding hydrogens is 316 g/mol. The van der Waals surface area contributed by atoms with E-state index in [1.165, 1.54) is 0 Å². The zero-order valence-electron chi connectivity index (χ0n) is 14.5. The lowest BCUT2D eigenvalue weighted by atomic mass is 10.1. The van der Waals surface area contributed by atoms with Crippen molar-refractivity contribution < 1.29 is 13.9 Å². The van der Waals surface area contributed by atoms with Crippen molar-refractivity contribution in [3.63, 3.8) is 0 Å². The Hall–Kier alpha value is -3.08. The van der Waals surface area contributed by atoms with Crippen LogP contribution in [0.15, 0.2) is 52.9 Å². The van der Waals surface area contributed by atoms with Crippen molar-refractivity contribution in [2.75, 3.05) is 7.11 Å².